The minimum atomic E-state index is -1.16. The van der Waals surface area contributed by atoms with E-state index in [4.69, 9.17) is 9.84 Å². The number of fused-ring (bicyclic) bond motifs is 1. The van der Waals surface area contributed by atoms with Crippen LogP contribution in [0.25, 0.3) is 11.0 Å². The predicted molar refractivity (Wildman–Crippen MR) is 49.6 cm³/mol. The van der Waals surface area contributed by atoms with Crippen molar-refractivity contribution in [3.05, 3.63) is 23.6 Å². The molecule has 0 aliphatic heterocycles. The van der Waals surface area contributed by atoms with Gasteiger partial charge < -0.3 is 14.8 Å². The van der Waals surface area contributed by atoms with Gasteiger partial charge in [0.2, 0.25) is 5.88 Å². The zero-order valence-electron chi connectivity index (χ0n) is 7.74. The highest BCUT2D eigenvalue weighted by atomic mass is 19.1. The molecule has 2 aromatic heterocycles. The van der Waals surface area contributed by atoms with Gasteiger partial charge in [0.25, 0.3) is 0 Å². The van der Waals surface area contributed by atoms with Gasteiger partial charge in [-0.15, -0.1) is 0 Å². The molecular formula is C9H7FN2O3. The Morgan fingerprint density at radius 3 is 2.93 bits per heavy atom. The second kappa shape index (κ2) is 3.23. The maximum absolute atomic E-state index is 13.4. The van der Waals surface area contributed by atoms with Crippen LogP contribution >= 0.6 is 0 Å². The largest absolute Gasteiger partial charge is 0.481 e. The summed E-state index contributed by atoms with van der Waals surface area (Å²) in [6.45, 7) is 0. The standard InChI is InChI=1S/C9H7FN2O3/c1-15-7-3-5(10)4-2-6(9(13)14)11-8(4)12-7/h2-3H,1H3,(H,11,12)(H,13,14). The summed E-state index contributed by atoms with van der Waals surface area (Å²) in [6, 6.07) is 2.29. The van der Waals surface area contributed by atoms with Crippen molar-refractivity contribution in [2.24, 2.45) is 0 Å². The molecule has 0 amide bonds. The molecule has 0 saturated heterocycles. The van der Waals surface area contributed by atoms with E-state index in [0.29, 0.717) is 0 Å². The minimum Gasteiger partial charge on any atom is -0.481 e. The van der Waals surface area contributed by atoms with E-state index in [1.54, 1.807) is 0 Å². The number of methoxy groups -OCH3 is 1. The Hall–Kier alpha value is -2.11. The van der Waals surface area contributed by atoms with Gasteiger partial charge in [-0.25, -0.2) is 9.18 Å². The fraction of sp³-hybridized carbons (Fsp3) is 0.111. The van der Waals surface area contributed by atoms with E-state index >= 15 is 0 Å². The van der Waals surface area contributed by atoms with Gasteiger partial charge in [0.1, 0.15) is 17.2 Å². The molecule has 5 nitrogen and oxygen atoms in total. The van der Waals surface area contributed by atoms with Crippen LogP contribution in [-0.4, -0.2) is 28.2 Å². The smallest absolute Gasteiger partial charge is 0.352 e. The van der Waals surface area contributed by atoms with Crippen molar-refractivity contribution in [2.75, 3.05) is 7.11 Å². The maximum Gasteiger partial charge on any atom is 0.352 e. The van der Waals surface area contributed by atoms with E-state index < -0.39 is 11.8 Å². The lowest BCUT2D eigenvalue weighted by Gasteiger charge is -1.98. The van der Waals surface area contributed by atoms with Crippen molar-refractivity contribution in [2.45, 2.75) is 0 Å². The third kappa shape index (κ3) is 1.50. The van der Waals surface area contributed by atoms with E-state index in [0.717, 1.165) is 6.07 Å². The van der Waals surface area contributed by atoms with Crippen LogP contribution in [0, 0.1) is 5.82 Å². The van der Waals surface area contributed by atoms with Crippen LogP contribution in [-0.2, 0) is 0 Å². The van der Waals surface area contributed by atoms with Crippen LogP contribution in [0.5, 0.6) is 5.88 Å². The Morgan fingerprint density at radius 2 is 2.33 bits per heavy atom. The first-order valence-corrected chi connectivity index (χ1v) is 4.08. The second-order valence-corrected chi connectivity index (χ2v) is 2.90. The van der Waals surface area contributed by atoms with Crippen molar-refractivity contribution < 1.29 is 19.0 Å². The number of carboxylic acids is 1. The molecule has 0 bridgehead atoms. The van der Waals surface area contributed by atoms with Crippen molar-refractivity contribution in [3.8, 4) is 5.88 Å². The maximum atomic E-state index is 13.4. The van der Waals surface area contributed by atoms with Gasteiger partial charge in [-0.2, -0.15) is 4.98 Å². The normalized spacial score (nSPS) is 10.5. The van der Waals surface area contributed by atoms with Gasteiger partial charge in [-0.3, -0.25) is 0 Å². The molecular weight excluding hydrogens is 203 g/mol. The van der Waals surface area contributed by atoms with E-state index in [-0.39, 0.29) is 22.6 Å². The molecule has 15 heavy (non-hydrogen) atoms. The Morgan fingerprint density at radius 1 is 1.60 bits per heavy atom. The number of hydrogen-bond donors (Lipinski definition) is 2. The number of aromatic amines is 1. The summed E-state index contributed by atoms with van der Waals surface area (Å²) in [5, 5.41) is 8.82. The van der Waals surface area contributed by atoms with Gasteiger partial charge in [0, 0.05) is 6.07 Å². The molecule has 0 aliphatic rings. The minimum absolute atomic E-state index is 0.0961. The molecule has 0 aromatic carbocycles. The highest BCUT2D eigenvalue weighted by molar-refractivity contribution is 5.92. The number of aromatic carboxylic acids is 1. The molecule has 0 aliphatic carbocycles. The zero-order chi connectivity index (χ0) is 11.0. The van der Waals surface area contributed by atoms with Crippen LogP contribution in [0.2, 0.25) is 0 Å². The third-order valence-electron chi connectivity index (χ3n) is 1.97. The van der Waals surface area contributed by atoms with Crippen molar-refractivity contribution >= 4 is 17.0 Å². The first kappa shape index (κ1) is 9.45. The SMILES string of the molecule is COc1cc(F)c2cc(C(=O)O)[nH]c2n1. The molecule has 2 N–H and O–H groups in total. The predicted octanol–water partition coefficient (Wildman–Crippen LogP) is 1.41. The lowest BCUT2D eigenvalue weighted by Crippen LogP contribution is -1.95. The number of H-pyrrole nitrogens is 1. The second-order valence-electron chi connectivity index (χ2n) is 2.90. The number of ether oxygens (including phenoxy) is 1. The topological polar surface area (TPSA) is 75.2 Å². The number of nitrogens with zero attached hydrogens (tertiary/aromatic N) is 1. The van der Waals surface area contributed by atoms with E-state index in [1.165, 1.54) is 13.2 Å². The quantitative estimate of drug-likeness (QED) is 0.785. The molecule has 0 atom stereocenters. The third-order valence-corrected chi connectivity index (χ3v) is 1.97. The molecule has 78 valence electrons. The molecule has 0 spiro atoms. The van der Waals surface area contributed by atoms with Crippen molar-refractivity contribution in [3.63, 3.8) is 0 Å². The van der Waals surface area contributed by atoms with Gasteiger partial charge in [0.05, 0.1) is 12.5 Å². The van der Waals surface area contributed by atoms with Crippen LogP contribution in [0.1, 0.15) is 10.5 Å². The average molecular weight is 210 g/mol. The van der Waals surface area contributed by atoms with Crippen LogP contribution in [0.4, 0.5) is 4.39 Å². The zero-order valence-corrected chi connectivity index (χ0v) is 7.74. The lowest BCUT2D eigenvalue weighted by atomic mass is 10.3. The molecule has 0 saturated carbocycles. The number of halogens is 1. The van der Waals surface area contributed by atoms with Gasteiger partial charge in [-0.1, -0.05) is 0 Å². The summed E-state index contributed by atoms with van der Waals surface area (Å²) >= 11 is 0. The van der Waals surface area contributed by atoms with Crippen LogP contribution in [0.3, 0.4) is 0 Å². The van der Waals surface area contributed by atoms with Crippen molar-refractivity contribution in [1.29, 1.82) is 0 Å². The van der Waals surface area contributed by atoms with E-state index in [9.17, 15) is 9.18 Å². The van der Waals surface area contributed by atoms with Gasteiger partial charge in [-0.05, 0) is 6.07 Å². The summed E-state index contributed by atoms with van der Waals surface area (Å²) < 4.78 is 18.1. The van der Waals surface area contributed by atoms with Gasteiger partial charge >= 0.3 is 5.97 Å². The Balaban J connectivity index is 2.69. The summed E-state index contributed by atoms with van der Waals surface area (Å²) in [7, 11) is 1.36. The number of aromatic nitrogens is 2. The van der Waals surface area contributed by atoms with Crippen LogP contribution in [0.15, 0.2) is 12.1 Å². The molecule has 0 unspecified atom stereocenters. The van der Waals surface area contributed by atoms with E-state index in [1.807, 2.05) is 0 Å². The van der Waals surface area contributed by atoms with Crippen molar-refractivity contribution in [1.82, 2.24) is 9.97 Å². The molecule has 0 fully saturated rings. The highest BCUT2D eigenvalue weighted by Gasteiger charge is 2.12. The molecule has 2 rings (SSSR count). The lowest BCUT2D eigenvalue weighted by molar-refractivity contribution is 0.0691. The summed E-state index contributed by atoms with van der Waals surface area (Å²) in [6.07, 6.45) is 0. The molecule has 0 radical (unpaired) electrons. The highest BCUT2D eigenvalue weighted by Crippen LogP contribution is 2.21. The summed E-state index contributed by atoms with van der Waals surface area (Å²) in [4.78, 5) is 17.0. The fourth-order valence-corrected chi connectivity index (χ4v) is 1.26. The number of pyridine rings is 1. The van der Waals surface area contributed by atoms with Gasteiger partial charge in [0.15, 0.2) is 0 Å². The molecule has 2 heterocycles. The van der Waals surface area contributed by atoms with E-state index in [2.05, 4.69) is 9.97 Å². The Labute approximate surface area is 83.5 Å². The first-order valence-electron chi connectivity index (χ1n) is 4.08. The number of nitrogens with one attached hydrogen (secondary N) is 1. The Bertz CT molecular complexity index is 535. The monoisotopic (exact) mass is 210 g/mol. The number of rotatable bonds is 2. The Kier molecular flexibility index (Phi) is 2.03. The van der Waals surface area contributed by atoms with Crippen LogP contribution < -0.4 is 4.74 Å². The summed E-state index contributed by atoms with van der Waals surface area (Å²) in [5.74, 6) is -1.63. The number of carboxylic acid groups (broad SMARTS) is 1. The molecule has 6 heteroatoms. The fourth-order valence-electron chi connectivity index (χ4n) is 1.26. The number of carbonyl (C=O) groups is 1. The first-order chi connectivity index (χ1) is 7.11. The molecule has 2 aromatic rings. The number of hydrogen-bond acceptors (Lipinski definition) is 3. The average Bonchev–Trinajstić information content (AvgIpc) is 2.61. The summed E-state index contributed by atoms with van der Waals surface area (Å²) in [5.41, 5.74) is 0.0499.